The first-order chi connectivity index (χ1) is 10.2. The molecule has 1 amide bonds. The van der Waals surface area contributed by atoms with Gasteiger partial charge in [0.15, 0.2) is 0 Å². The molecule has 0 aromatic heterocycles. The minimum absolute atomic E-state index is 0.00178. The van der Waals surface area contributed by atoms with E-state index in [4.69, 9.17) is 4.74 Å². The molecule has 1 fully saturated rings. The Kier molecular flexibility index (Phi) is 4.49. The molecule has 0 aliphatic carbocycles. The van der Waals surface area contributed by atoms with Gasteiger partial charge < -0.3 is 9.64 Å². The summed E-state index contributed by atoms with van der Waals surface area (Å²) >= 11 is 0. The van der Waals surface area contributed by atoms with Crippen LogP contribution in [0.15, 0.2) is 18.2 Å². The normalized spacial score (nSPS) is 19.2. The Balaban J connectivity index is 2.31. The quantitative estimate of drug-likeness (QED) is 0.796. The molecule has 0 spiro atoms. The van der Waals surface area contributed by atoms with Crippen molar-refractivity contribution < 1.29 is 23.1 Å². The van der Waals surface area contributed by atoms with Gasteiger partial charge in [-0.15, -0.1) is 0 Å². The summed E-state index contributed by atoms with van der Waals surface area (Å²) < 4.78 is 32.4. The average molecular weight is 311 g/mol. The molecule has 1 aromatic carbocycles. The fourth-order valence-electron chi connectivity index (χ4n) is 2.42. The third kappa shape index (κ3) is 3.81. The first-order valence-electron chi connectivity index (χ1n) is 7.13. The van der Waals surface area contributed by atoms with Crippen LogP contribution < -0.4 is 0 Å². The van der Waals surface area contributed by atoms with Gasteiger partial charge in [0, 0.05) is 31.0 Å². The summed E-state index contributed by atoms with van der Waals surface area (Å²) in [6.45, 7) is 5.35. The van der Waals surface area contributed by atoms with E-state index >= 15 is 0 Å². The molecule has 1 saturated heterocycles. The number of nitrogens with zero attached hydrogens (tertiary/aromatic N) is 1. The molecule has 1 heterocycles. The number of halogens is 2. The third-order valence-corrected chi connectivity index (χ3v) is 3.38. The highest BCUT2D eigenvalue weighted by Gasteiger charge is 2.35. The number of likely N-dealkylation sites (tertiary alicyclic amines) is 1. The van der Waals surface area contributed by atoms with Crippen LogP contribution in [0.1, 0.15) is 45.2 Å². The monoisotopic (exact) mass is 311 g/mol. The van der Waals surface area contributed by atoms with E-state index in [2.05, 4.69) is 0 Å². The molecule has 0 radical (unpaired) electrons. The largest absolute Gasteiger partial charge is 0.444 e. The maximum absolute atomic E-state index is 14.0. The predicted octanol–water partition coefficient (Wildman–Crippen LogP) is 3.61. The second-order valence-electron chi connectivity index (χ2n) is 6.35. The Labute approximate surface area is 128 Å². The number of ether oxygens (including phenoxy) is 1. The summed E-state index contributed by atoms with van der Waals surface area (Å²) in [4.78, 5) is 25.3. The van der Waals surface area contributed by atoms with Crippen molar-refractivity contribution in [1.82, 2.24) is 4.90 Å². The second-order valence-corrected chi connectivity index (χ2v) is 6.35. The van der Waals surface area contributed by atoms with E-state index in [0.29, 0.717) is 0 Å². The maximum Gasteiger partial charge on any atom is 0.410 e. The molecule has 120 valence electrons. The number of amides is 1. The topological polar surface area (TPSA) is 46.6 Å². The van der Waals surface area contributed by atoms with Crippen LogP contribution in [0.2, 0.25) is 0 Å². The van der Waals surface area contributed by atoms with E-state index < -0.39 is 29.4 Å². The van der Waals surface area contributed by atoms with Gasteiger partial charge in [0.1, 0.15) is 23.0 Å². The van der Waals surface area contributed by atoms with E-state index in [9.17, 15) is 18.4 Å². The molecule has 1 aromatic rings. The number of carbonyl (C=O) groups excluding carboxylic acids is 2. The van der Waals surface area contributed by atoms with Crippen LogP contribution in [0.3, 0.4) is 0 Å². The van der Waals surface area contributed by atoms with Crippen molar-refractivity contribution in [3.05, 3.63) is 35.4 Å². The third-order valence-electron chi connectivity index (χ3n) is 3.38. The molecular weight excluding hydrogens is 292 g/mol. The molecular formula is C16H19F2NO3. The van der Waals surface area contributed by atoms with Crippen LogP contribution in [0, 0.1) is 11.6 Å². The predicted molar refractivity (Wildman–Crippen MR) is 76.3 cm³/mol. The van der Waals surface area contributed by atoms with Gasteiger partial charge in [-0.3, -0.25) is 4.79 Å². The molecule has 1 aliphatic rings. The Hall–Kier alpha value is -1.98. The highest BCUT2D eigenvalue weighted by Crippen LogP contribution is 2.32. The Morgan fingerprint density at radius 1 is 1.32 bits per heavy atom. The lowest BCUT2D eigenvalue weighted by Crippen LogP contribution is -2.44. The van der Waals surface area contributed by atoms with Crippen molar-refractivity contribution in [2.24, 2.45) is 0 Å². The first-order valence-corrected chi connectivity index (χ1v) is 7.13. The van der Waals surface area contributed by atoms with Crippen LogP contribution in [0.25, 0.3) is 0 Å². The van der Waals surface area contributed by atoms with Crippen LogP contribution >= 0.6 is 0 Å². The van der Waals surface area contributed by atoms with Gasteiger partial charge in [-0.2, -0.15) is 0 Å². The molecule has 0 saturated carbocycles. The number of ketones is 1. The molecule has 0 unspecified atom stereocenters. The van der Waals surface area contributed by atoms with Crippen molar-refractivity contribution in [3.63, 3.8) is 0 Å². The minimum atomic E-state index is -0.770. The van der Waals surface area contributed by atoms with Gasteiger partial charge in [-0.25, -0.2) is 13.6 Å². The summed E-state index contributed by atoms with van der Waals surface area (Å²) in [5, 5.41) is 0. The fraction of sp³-hybridized carbons (Fsp3) is 0.500. The lowest BCUT2D eigenvalue weighted by atomic mass is 9.94. The van der Waals surface area contributed by atoms with Crippen molar-refractivity contribution in [2.75, 3.05) is 6.54 Å². The zero-order chi connectivity index (χ0) is 16.5. The summed E-state index contributed by atoms with van der Waals surface area (Å²) in [5.41, 5.74) is -0.565. The van der Waals surface area contributed by atoms with E-state index in [1.165, 1.54) is 11.0 Å². The van der Waals surface area contributed by atoms with Crippen LogP contribution in [0.4, 0.5) is 13.6 Å². The van der Waals surface area contributed by atoms with Gasteiger partial charge in [0.25, 0.3) is 0 Å². The Morgan fingerprint density at radius 3 is 2.59 bits per heavy atom. The van der Waals surface area contributed by atoms with E-state index in [1.54, 1.807) is 20.8 Å². The fourth-order valence-corrected chi connectivity index (χ4v) is 2.42. The number of carbonyl (C=O) groups is 2. The Bertz CT molecular complexity index is 596. The van der Waals surface area contributed by atoms with E-state index in [1.807, 2.05) is 0 Å². The SMILES string of the molecule is CC(C)(C)OC(=O)N1CCC(=O)C[C@H]1c1ccc(F)cc1F. The number of hydrogen-bond donors (Lipinski definition) is 0. The van der Waals surface area contributed by atoms with Crippen LogP contribution in [0.5, 0.6) is 0 Å². The van der Waals surface area contributed by atoms with E-state index in [-0.39, 0.29) is 30.7 Å². The lowest BCUT2D eigenvalue weighted by molar-refractivity contribution is -0.123. The minimum Gasteiger partial charge on any atom is -0.444 e. The zero-order valence-electron chi connectivity index (χ0n) is 12.9. The zero-order valence-corrected chi connectivity index (χ0v) is 12.9. The molecule has 0 bridgehead atoms. The molecule has 22 heavy (non-hydrogen) atoms. The molecule has 6 heteroatoms. The van der Waals surface area contributed by atoms with Crippen LogP contribution in [-0.2, 0) is 9.53 Å². The van der Waals surface area contributed by atoms with Gasteiger partial charge in [-0.05, 0) is 26.8 Å². The van der Waals surface area contributed by atoms with Gasteiger partial charge in [0.2, 0.25) is 0 Å². The van der Waals surface area contributed by atoms with Crippen molar-refractivity contribution >= 4 is 11.9 Å². The summed E-state index contributed by atoms with van der Waals surface area (Å²) in [7, 11) is 0. The number of Topliss-reactive ketones (excluding diaryl/α,β-unsaturated/α-hetero) is 1. The summed E-state index contributed by atoms with van der Waals surface area (Å²) in [6.07, 6.45) is -0.394. The second kappa shape index (κ2) is 6.02. The summed E-state index contributed by atoms with van der Waals surface area (Å²) in [5.74, 6) is -1.53. The maximum atomic E-state index is 14.0. The number of benzene rings is 1. The van der Waals surface area contributed by atoms with E-state index in [0.717, 1.165) is 12.1 Å². The molecule has 4 nitrogen and oxygen atoms in total. The number of hydrogen-bond acceptors (Lipinski definition) is 3. The van der Waals surface area contributed by atoms with Crippen molar-refractivity contribution in [3.8, 4) is 0 Å². The average Bonchev–Trinajstić information content (AvgIpc) is 2.36. The molecule has 0 N–H and O–H groups in total. The lowest BCUT2D eigenvalue weighted by Gasteiger charge is -2.36. The highest BCUT2D eigenvalue weighted by molar-refractivity contribution is 5.82. The first kappa shape index (κ1) is 16.4. The number of rotatable bonds is 1. The molecule has 2 rings (SSSR count). The summed E-state index contributed by atoms with van der Waals surface area (Å²) in [6, 6.07) is 2.37. The molecule has 1 aliphatic heterocycles. The smallest absolute Gasteiger partial charge is 0.410 e. The standard InChI is InChI=1S/C16H19F2NO3/c1-16(2,3)22-15(21)19-7-6-11(20)9-14(19)12-5-4-10(17)8-13(12)18/h4-5,8,14H,6-7,9H2,1-3H3/t14-/m0/s1. The van der Waals surface area contributed by atoms with Crippen molar-refractivity contribution in [1.29, 1.82) is 0 Å². The van der Waals surface area contributed by atoms with Crippen LogP contribution in [-0.4, -0.2) is 28.9 Å². The molecule has 1 atom stereocenters. The van der Waals surface area contributed by atoms with Crippen molar-refractivity contribution in [2.45, 2.75) is 45.3 Å². The van der Waals surface area contributed by atoms with Gasteiger partial charge in [0.05, 0.1) is 6.04 Å². The highest BCUT2D eigenvalue weighted by atomic mass is 19.1. The Morgan fingerprint density at radius 2 is 2.00 bits per heavy atom. The number of piperidine rings is 1. The van der Waals surface area contributed by atoms with Gasteiger partial charge in [-0.1, -0.05) is 6.07 Å². The van der Waals surface area contributed by atoms with Gasteiger partial charge >= 0.3 is 6.09 Å².